The molecule has 4 nitrogen and oxygen atoms in total. The van der Waals surface area contributed by atoms with Crippen molar-refractivity contribution in [1.29, 1.82) is 0 Å². The van der Waals surface area contributed by atoms with Gasteiger partial charge >= 0.3 is 5.97 Å². The fourth-order valence-corrected chi connectivity index (χ4v) is 2.28. The summed E-state index contributed by atoms with van der Waals surface area (Å²) in [5, 5.41) is 10.5. The first kappa shape index (κ1) is 12.3. The lowest BCUT2D eigenvalue weighted by Gasteiger charge is -2.04. The van der Waals surface area contributed by atoms with E-state index in [1.165, 1.54) is 7.11 Å². The highest BCUT2D eigenvalue weighted by atomic mass is 16.5. The van der Waals surface area contributed by atoms with E-state index in [1.807, 2.05) is 36.4 Å². The lowest BCUT2D eigenvalue weighted by Crippen LogP contribution is -2.00. The summed E-state index contributed by atoms with van der Waals surface area (Å²) < 4.78 is 4.70. The molecule has 20 heavy (non-hydrogen) atoms. The van der Waals surface area contributed by atoms with Crippen LogP contribution in [-0.4, -0.2) is 23.2 Å². The Morgan fingerprint density at radius 1 is 1.15 bits per heavy atom. The molecule has 3 rings (SSSR count). The molecule has 0 spiro atoms. The molecule has 0 saturated carbocycles. The van der Waals surface area contributed by atoms with E-state index < -0.39 is 5.97 Å². The van der Waals surface area contributed by atoms with Gasteiger partial charge in [-0.05, 0) is 23.8 Å². The molecule has 0 fully saturated rings. The van der Waals surface area contributed by atoms with Gasteiger partial charge in [-0.2, -0.15) is 0 Å². The molecule has 0 aliphatic rings. The number of aromatic amines is 1. The van der Waals surface area contributed by atoms with Gasteiger partial charge in [-0.1, -0.05) is 30.3 Å². The first-order valence-electron chi connectivity index (χ1n) is 6.19. The zero-order valence-corrected chi connectivity index (χ0v) is 10.9. The summed E-state index contributed by atoms with van der Waals surface area (Å²) in [6.45, 7) is 0. The number of aromatic nitrogens is 1. The fourth-order valence-electron chi connectivity index (χ4n) is 2.28. The Bertz CT molecular complexity index is 775. The number of H-pyrrole nitrogens is 1. The maximum Gasteiger partial charge on any atom is 0.354 e. The predicted octanol–water partition coefficient (Wildman–Crippen LogP) is 3.33. The number of nitrogens with one attached hydrogen (secondary N) is 1. The minimum atomic E-state index is -0.459. The normalized spacial score (nSPS) is 10.7. The van der Waals surface area contributed by atoms with E-state index >= 15 is 0 Å². The third-order valence-corrected chi connectivity index (χ3v) is 3.26. The number of benzene rings is 2. The first-order chi connectivity index (χ1) is 9.70. The Morgan fingerprint density at radius 2 is 1.90 bits per heavy atom. The van der Waals surface area contributed by atoms with Crippen LogP contribution >= 0.6 is 0 Å². The van der Waals surface area contributed by atoms with Gasteiger partial charge in [0, 0.05) is 10.9 Å². The zero-order valence-electron chi connectivity index (χ0n) is 10.9. The summed E-state index contributed by atoms with van der Waals surface area (Å²) in [5.74, 6) is -0.328. The first-order valence-corrected chi connectivity index (χ1v) is 6.19. The number of carbonyl (C=O) groups is 1. The van der Waals surface area contributed by atoms with E-state index in [-0.39, 0.29) is 5.75 Å². The lowest BCUT2D eigenvalue weighted by atomic mass is 10.0. The van der Waals surface area contributed by atoms with Gasteiger partial charge < -0.3 is 14.8 Å². The number of methoxy groups -OCH3 is 1. The smallest absolute Gasteiger partial charge is 0.354 e. The standard InChI is InChI=1S/C16H13NO3/c1-20-16(19)13-9-12-14(18)8-7-11(15(12)17-13)10-5-3-2-4-6-10/h2-9,17-18H,1H3. The highest BCUT2D eigenvalue weighted by molar-refractivity contribution is 6.03. The van der Waals surface area contributed by atoms with Gasteiger partial charge in [0.15, 0.2) is 0 Å². The number of carbonyl (C=O) groups excluding carboxylic acids is 1. The number of rotatable bonds is 2. The largest absolute Gasteiger partial charge is 0.507 e. The SMILES string of the molecule is COC(=O)c1cc2c(O)ccc(-c3ccccc3)c2[nH]1. The molecule has 0 saturated heterocycles. The lowest BCUT2D eigenvalue weighted by molar-refractivity contribution is 0.0595. The second-order valence-corrected chi connectivity index (χ2v) is 4.46. The molecule has 0 unspecified atom stereocenters. The number of aromatic hydroxyl groups is 1. The molecule has 1 aromatic heterocycles. The van der Waals surface area contributed by atoms with Gasteiger partial charge in [0.1, 0.15) is 11.4 Å². The molecule has 0 aliphatic heterocycles. The highest BCUT2D eigenvalue weighted by Crippen LogP contribution is 2.34. The summed E-state index contributed by atoms with van der Waals surface area (Å²) in [7, 11) is 1.33. The number of hydrogen-bond donors (Lipinski definition) is 2. The summed E-state index contributed by atoms with van der Waals surface area (Å²) >= 11 is 0. The molecule has 100 valence electrons. The van der Waals surface area contributed by atoms with Crippen molar-refractivity contribution in [3.05, 3.63) is 54.2 Å². The molecule has 0 atom stereocenters. The van der Waals surface area contributed by atoms with Gasteiger partial charge in [-0.15, -0.1) is 0 Å². The van der Waals surface area contributed by atoms with Crippen molar-refractivity contribution in [2.75, 3.05) is 7.11 Å². The molecule has 0 aliphatic carbocycles. The van der Waals surface area contributed by atoms with Crippen LogP contribution in [0.1, 0.15) is 10.5 Å². The van der Waals surface area contributed by atoms with Gasteiger partial charge in [0.25, 0.3) is 0 Å². The Labute approximate surface area is 115 Å². The third-order valence-electron chi connectivity index (χ3n) is 3.26. The van der Waals surface area contributed by atoms with Crippen LogP contribution in [0.4, 0.5) is 0 Å². The van der Waals surface area contributed by atoms with E-state index in [2.05, 4.69) is 4.98 Å². The molecule has 4 heteroatoms. The van der Waals surface area contributed by atoms with Gasteiger partial charge in [0.05, 0.1) is 12.6 Å². The van der Waals surface area contributed by atoms with Crippen LogP contribution in [0.3, 0.4) is 0 Å². The number of ether oxygens (including phenoxy) is 1. The van der Waals surface area contributed by atoms with Crippen molar-refractivity contribution in [1.82, 2.24) is 4.98 Å². The van der Waals surface area contributed by atoms with Crippen molar-refractivity contribution in [2.24, 2.45) is 0 Å². The number of hydrogen-bond acceptors (Lipinski definition) is 3. The van der Waals surface area contributed by atoms with Crippen molar-refractivity contribution in [2.45, 2.75) is 0 Å². The quantitative estimate of drug-likeness (QED) is 0.700. The Balaban J connectivity index is 2.27. The molecule has 2 N–H and O–H groups in total. The van der Waals surface area contributed by atoms with E-state index in [4.69, 9.17) is 4.74 Å². The average molecular weight is 267 g/mol. The van der Waals surface area contributed by atoms with Crippen molar-refractivity contribution in [3.63, 3.8) is 0 Å². The third kappa shape index (κ3) is 1.91. The summed E-state index contributed by atoms with van der Waals surface area (Å²) in [5.41, 5.74) is 2.97. The molecular weight excluding hydrogens is 254 g/mol. The molecule has 0 amide bonds. The number of phenols is 1. The molecule has 3 aromatic rings. The van der Waals surface area contributed by atoms with Gasteiger partial charge in [0.2, 0.25) is 0 Å². The van der Waals surface area contributed by atoms with E-state index in [1.54, 1.807) is 12.1 Å². The molecule has 2 aromatic carbocycles. The predicted molar refractivity (Wildman–Crippen MR) is 76.7 cm³/mol. The number of esters is 1. The Hall–Kier alpha value is -2.75. The van der Waals surface area contributed by atoms with Crippen LogP contribution in [0.25, 0.3) is 22.0 Å². The maximum atomic E-state index is 11.6. The highest BCUT2D eigenvalue weighted by Gasteiger charge is 2.15. The minimum absolute atomic E-state index is 0.131. The molecular formula is C16H13NO3. The second kappa shape index (κ2) is 4.74. The van der Waals surface area contributed by atoms with Crippen molar-refractivity contribution < 1.29 is 14.6 Å². The van der Waals surface area contributed by atoms with E-state index in [9.17, 15) is 9.90 Å². The fraction of sp³-hybridized carbons (Fsp3) is 0.0625. The topological polar surface area (TPSA) is 62.3 Å². The van der Waals surface area contributed by atoms with Crippen LogP contribution in [0.2, 0.25) is 0 Å². The van der Waals surface area contributed by atoms with Crippen LogP contribution < -0.4 is 0 Å². The minimum Gasteiger partial charge on any atom is -0.507 e. The second-order valence-electron chi connectivity index (χ2n) is 4.46. The Morgan fingerprint density at radius 3 is 2.60 bits per heavy atom. The number of fused-ring (bicyclic) bond motifs is 1. The van der Waals surface area contributed by atoms with Crippen LogP contribution in [0.5, 0.6) is 5.75 Å². The Kier molecular flexibility index (Phi) is 2.91. The van der Waals surface area contributed by atoms with Gasteiger partial charge in [-0.3, -0.25) is 0 Å². The van der Waals surface area contributed by atoms with Crippen LogP contribution in [-0.2, 0) is 4.74 Å². The monoisotopic (exact) mass is 267 g/mol. The zero-order chi connectivity index (χ0) is 14.1. The molecule has 0 bridgehead atoms. The van der Waals surface area contributed by atoms with Crippen molar-refractivity contribution >= 4 is 16.9 Å². The molecule has 1 heterocycles. The van der Waals surface area contributed by atoms with Gasteiger partial charge in [-0.25, -0.2) is 4.79 Å². The van der Waals surface area contributed by atoms with E-state index in [0.29, 0.717) is 11.1 Å². The van der Waals surface area contributed by atoms with E-state index in [0.717, 1.165) is 16.6 Å². The maximum absolute atomic E-state index is 11.6. The van der Waals surface area contributed by atoms with Crippen molar-refractivity contribution in [3.8, 4) is 16.9 Å². The van der Waals surface area contributed by atoms with Crippen LogP contribution in [0, 0.1) is 0 Å². The number of phenolic OH excluding ortho intramolecular Hbond substituents is 1. The molecule has 0 radical (unpaired) electrons. The van der Waals surface area contributed by atoms with Crippen LogP contribution in [0.15, 0.2) is 48.5 Å². The summed E-state index contributed by atoms with van der Waals surface area (Å²) in [4.78, 5) is 14.6. The average Bonchev–Trinajstić information content (AvgIpc) is 2.94. The summed E-state index contributed by atoms with van der Waals surface area (Å²) in [6.07, 6.45) is 0. The summed E-state index contributed by atoms with van der Waals surface area (Å²) in [6, 6.07) is 14.8.